The van der Waals surface area contributed by atoms with Crippen LogP contribution in [0.25, 0.3) is 5.57 Å². The average molecular weight is 338 g/mol. The minimum Gasteiger partial charge on any atom is -0.431 e. The quantitative estimate of drug-likeness (QED) is 0.467. The summed E-state index contributed by atoms with van der Waals surface area (Å²) in [6.45, 7) is 12.2. The van der Waals surface area contributed by atoms with Gasteiger partial charge < -0.3 is 4.74 Å². The first-order valence-corrected chi connectivity index (χ1v) is 9.06. The zero-order valence-corrected chi connectivity index (χ0v) is 16.4. The van der Waals surface area contributed by atoms with Crippen LogP contribution in [0.1, 0.15) is 66.4 Å². The minimum atomic E-state index is -0.487. The van der Waals surface area contributed by atoms with Crippen molar-refractivity contribution in [2.45, 2.75) is 60.8 Å². The van der Waals surface area contributed by atoms with Crippen LogP contribution >= 0.6 is 0 Å². The largest absolute Gasteiger partial charge is 0.431 e. The lowest BCUT2D eigenvalue weighted by Crippen LogP contribution is -2.23. The number of esters is 1. The molecule has 0 unspecified atom stereocenters. The second-order valence-electron chi connectivity index (χ2n) is 8.74. The third kappa shape index (κ3) is 5.47. The Labute approximate surface area is 152 Å². The van der Waals surface area contributed by atoms with Crippen molar-refractivity contribution in [3.63, 3.8) is 0 Å². The van der Waals surface area contributed by atoms with Gasteiger partial charge in [0.05, 0.1) is 5.41 Å². The van der Waals surface area contributed by atoms with Gasteiger partial charge in [-0.05, 0) is 56.2 Å². The summed E-state index contributed by atoms with van der Waals surface area (Å²) in [6, 6.07) is 10.4. The molecular weight excluding hydrogens is 308 g/mol. The molecule has 1 aromatic carbocycles. The van der Waals surface area contributed by atoms with E-state index in [0.29, 0.717) is 0 Å². The fourth-order valence-electron chi connectivity index (χ4n) is 2.70. The summed E-state index contributed by atoms with van der Waals surface area (Å²) in [5, 5.41) is 0. The molecule has 0 radical (unpaired) electrons. The molecule has 0 N–H and O–H groups in total. The Morgan fingerprint density at radius 2 is 1.60 bits per heavy atom. The Hall–Kier alpha value is -2.05. The molecular formula is C23H30O2. The Bertz CT molecular complexity index is 716. The zero-order chi connectivity index (χ0) is 18.7. The maximum Gasteiger partial charge on any atom is 0.316 e. The topological polar surface area (TPSA) is 26.3 Å². The Morgan fingerprint density at radius 1 is 0.960 bits per heavy atom. The van der Waals surface area contributed by atoms with Crippen LogP contribution in [0.5, 0.6) is 0 Å². The lowest BCUT2D eigenvalue weighted by Gasteiger charge is -2.23. The fourth-order valence-corrected chi connectivity index (χ4v) is 2.70. The van der Waals surface area contributed by atoms with Gasteiger partial charge in [0, 0.05) is 12.0 Å². The third-order valence-electron chi connectivity index (χ3n) is 4.14. The van der Waals surface area contributed by atoms with Gasteiger partial charge in [-0.1, -0.05) is 51.1 Å². The first-order valence-electron chi connectivity index (χ1n) is 9.06. The molecule has 25 heavy (non-hydrogen) atoms. The van der Waals surface area contributed by atoms with Crippen molar-refractivity contribution in [3.05, 3.63) is 59.0 Å². The van der Waals surface area contributed by atoms with Gasteiger partial charge >= 0.3 is 5.97 Å². The smallest absolute Gasteiger partial charge is 0.316 e. The number of carbonyl (C=O) groups is 1. The highest BCUT2D eigenvalue weighted by molar-refractivity contribution is 5.76. The fraction of sp³-hybridized carbons (Fsp3) is 0.478. The average Bonchev–Trinajstić information content (AvgIpc) is 2.52. The van der Waals surface area contributed by atoms with Gasteiger partial charge in [-0.3, -0.25) is 4.79 Å². The van der Waals surface area contributed by atoms with Gasteiger partial charge in [0.1, 0.15) is 5.76 Å². The van der Waals surface area contributed by atoms with Crippen LogP contribution in [0, 0.1) is 10.8 Å². The molecule has 2 nitrogen and oxygen atoms in total. The van der Waals surface area contributed by atoms with Crippen molar-refractivity contribution in [1.82, 2.24) is 0 Å². The van der Waals surface area contributed by atoms with E-state index in [2.05, 4.69) is 50.8 Å². The first-order chi connectivity index (χ1) is 11.6. The van der Waals surface area contributed by atoms with Crippen molar-refractivity contribution in [1.29, 1.82) is 0 Å². The number of hydrogen-bond acceptors (Lipinski definition) is 2. The maximum atomic E-state index is 12.1. The monoisotopic (exact) mass is 338 g/mol. The molecule has 1 aliphatic rings. The van der Waals surface area contributed by atoms with Gasteiger partial charge in [0.2, 0.25) is 0 Å². The number of benzene rings is 1. The number of allylic oxidation sites excluding steroid dienone is 3. The highest BCUT2D eigenvalue weighted by Gasteiger charge is 2.25. The summed E-state index contributed by atoms with van der Waals surface area (Å²) in [4.78, 5) is 12.1. The molecule has 0 aliphatic heterocycles. The predicted octanol–water partition coefficient (Wildman–Crippen LogP) is 6.30. The molecule has 0 spiro atoms. The van der Waals surface area contributed by atoms with Crippen LogP contribution in [-0.4, -0.2) is 5.97 Å². The van der Waals surface area contributed by atoms with Gasteiger partial charge in [0.25, 0.3) is 0 Å². The molecule has 0 atom stereocenters. The molecule has 0 saturated carbocycles. The van der Waals surface area contributed by atoms with Crippen molar-refractivity contribution in [2.24, 2.45) is 10.8 Å². The van der Waals surface area contributed by atoms with Crippen molar-refractivity contribution < 1.29 is 9.53 Å². The van der Waals surface area contributed by atoms with E-state index in [0.717, 1.165) is 30.6 Å². The van der Waals surface area contributed by atoms with Crippen LogP contribution < -0.4 is 0 Å². The third-order valence-corrected chi connectivity index (χ3v) is 4.14. The van der Waals surface area contributed by atoms with Gasteiger partial charge in [-0.25, -0.2) is 0 Å². The summed E-state index contributed by atoms with van der Waals surface area (Å²) >= 11 is 0. The van der Waals surface area contributed by atoms with E-state index in [9.17, 15) is 4.79 Å². The molecule has 0 heterocycles. The highest BCUT2D eigenvalue weighted by atomic mass is 16.5. The van der Waals surface area contributed by atoms with Crippen LogP contribution in [0.4, 0.5) is 0 Å². The summed E-state index contributed by atoms with van der Waals surface area (Å²) in [6.07, 6.45) is 4.76. The van der Waals surface area contributed by atoms with Crippen molar-refractivity contribution in [3.8, 4) is 0 Å². The Kier molecular flexibility index (Phi) is 5.75. The first kappa shape index (κ1) is 19.3. The molecule has 2 heteroatoms. The molecule has 1 aromatic rings. The van der Waals surface area contributed by atoms with E-state index >= 15 is 0 Å². The molecule has 1 aliphatic carbocycles. The van der Waals surface area contributed by atoms with E-state index in [1.54, 1.807) is 0 Å². The van der Waals surface area contributed by atoms with E-state index in [-0.39, 0.29) is 11.4 Å². The van der Waals surface area contributed by atoms with Crippen LogP contribution in [0.3, 0.4) is 0 Å². The normalized spacial score (nSPS) is 15.3. The Morgan fingerprint density at radius 3 is 2.16 bits per heavy atom. The maximum absolute atomic E-state index is 12.1. The van der Waals surface area contributed by atoms with E-state index in [1.165, 1.54) is 11.1 Å². The lowest BCUT2D eigenvalue weighted by atomic mass is 9.82. The minimum absolute atomic E-state index is 0.0120. The molecule has 0 saturated heterocycles. The number of rotatable bonds is 2. The van der Waals surface area contributed by atoms with E-state index < -0.39 is 5.41 Å². The summed E-state index contributed by atoms with van der Waals surface area (Å²) in [5.41, 5.74) is 6.60. The second kappa shape index (κ2) is 7.45. The van der Waals surface area contributed by atoms with Crippen LogP contribution in [-0.2, 0) is 9.53 Å². The van der Waals surface area contributed by atoms with Crippen LogP contribution in [0.15, 0.2) is 53.5 Å². The van der Waals surface area contributed by atoms with Crippen molar-refractivity contribution >= 4 is 11.5 Å². The van der Waals surface area contributed by atoms with Crippen LogP contribution in [0.2, 0.25) is 0 Å². The highest BCUT2D eigenvalue weighted by Crippen LogP contribution is 2.34. The van der Waals surface area contributed by atoms with Gasteiger partial charge in [-0.15, -0.1) is 5.73 Å². The number of hydrogen-bond donors (Lipinski definition) is 0. The molecule has 0 amide bonds. The standard InChI is InChI=1S/C23H30O2/c1-22(2,3)20(18-12-8-7-9-13-18)16-17-11-10-14-19(15-17)25-21(24)23(4,5)6/h7-9,12-13,15H,10-11,14H2,1-6H3. The predicted molar refractivity (Wildman–Crippen MR) is 104 cm³/mol. The molecule has 0 fully saturated rings. The second-order valence-corrected chi connectivity index (χ2v) is 8.74. The summed E-state index contributed by atoms with van der Waals surface area (Å²) in [7, 11) is 0. The van der Waals surface area contributed by atoms with Crippen molar-refractivity contribution in [2.75, 3.05) is 0 Å². The number of carbonyl (C=O) groups excluding carboxylic acids is 1. The molecule has 0 aromatic heterocycles. The lowest BCUT2D eigenvalue weighted by molar-refractivity contribution is -0.148. The summed E-state index contributed by atoms with van der Waals surface area (Å²) in [5.74, 6) is 0.582. The Balaban J connectivity index is 2.43. The van der Waals surface area contributed by atoms with E-state index in [4.69, 9.17) is 4.74 Å². The molecule has 2 rings (SSSR count). The molecule has 134 valence electrons. The van der Waals surface area contributed by atoms with Gasteiger partial charge in [-0.2, -0.15) is 0 Å². The SMILES string of the molecule is CC(C)(C)C(=O)OC1=CC(=C=C(c2ccccc2)C(C)(C)C)CCC1. The number of ether oxygens (including phenoxy) is 1. The zero-order valence-electron chi connectivity index (χ0n) is 16.4. The van der Waals surface area contributed by atoms with Gasteiger partial charge in [0.15, 0.2) is 0 Å². The van der Waals surface area contributed by atoms with E-state index in [1.807, 2.05) is 32.9 Å². The molecule has 0 bridgehead atoms. The summed E-state index contributed by atoms with van der Waals surface area (Å²) < 4.78 is 5.61.